The molecule has 3 aliphatic carbocycles. The van der Waals surface area contributed by atoms with Crippen molar-refractivity contribution in [2.24, 2.45) is 16.9 Å². The highest BCUT2D eigenvalue weighted by Gasteiger charge is 2.67. The van der Waals surface area contributed by atoms with Gasteiger partial charge in [-0.25, -0.2) is 5.43 Å². The van der Waals surface area contributed by atoms with Crippen molar-refractivity contribution in [2.45, 2.75) is 17.9 Å². The second-order valence-corrected chi connectivity index (χ2v) is 10.2. The molecule has 190 valence electrons. The SMILES string of the molecule is O=C(N/N=C\C12c3ccccc3C(c3ccccc31)[C@H]1C(=O)N(Cc3ccccc3)C(=O)[C@@H]12)c1cccnc1. The van der Waals surface area contributed by atoms with Gasteiger partial charge in [0.05, 0.1) is 29.4 Å². The molecule has 2 bridgehead atoms. The Labute approximate surface area is 225 Å². The number of carbonyl (C=O) groups excluding carboxylic acids is 3. The molecule has 1 aromatic heterocycles. The molecule has 3 aromatic carbocycles. The Morgan fingerprint density at radius 2 is 1.54 bits per heavy atom. The van der Waals surface area contributed by atoms with E-state index in [-0.39, 0.29) is 24.3 Å². The molecule has 1 aliphatic heterocycles. The van der Waals surface area contributed by atoms with Crippen molar-refractivity contribution in [1.29, 1.82) is 0 Å². The van der Waals surface area contributed by atoms with Crippen LogP contribution in [-0.4, -0.2) is 33.8 Å². The number of carbonyl (C=O) groups is 3. The van der Waals surface area contributed by atoms with Crippen molar-refractivity contribution in [2.75, 3.05) is 0 Å². The molecule has 0 saturated carbocycles. The molecule has 1 N–H and O–H groups in total. The van der Waals surface area contributed by atoms with Crippen molar-refractivity contribution < 1.29 is 14.4 Å². The minimum Gasteiger partial charge on any atom is -0.278 e. The summed E-state index contributed by atoms with van der Waals surface area (Å²) in [6, 6.07) is 28.8. The van der Waals surface area contributed by atoms with Crippen LogP contribution in [0.3, 0.4) is 0 Å². The molecule has 1 saturated heterocycles. The molecule has 2 heterocycles. The summed E-state index contributed by atoms with van der Waals surface area (Å²) in [6.07, 6.45) is 4.73. The standard InChI is InChI=1S/C32H24N4O3/c37-29(21-11-8-16-33-17-21)35-34-19-32-24-14-6-4-12-22(24)26(23-13-5-7-15-25(23)32)27-28(32)31(39)36(30(27)38)18-20-9-2-1-3-10-20/h1-17,19,26-28H,18H2,(H,35,37)/b34-19-/t26?,27-,28-,32?/m1/s1. The molecule has 7 nitrogen and oxygen atoms in total. The predicted octanol–water partition coefficient (Wildman–Crippen LogP) is 4.04. The largest absolute Gasteiger partial charge is 0.278 e. The zero-order valence-corrected chi connectivity index (χ0v) is 20.9. The molecule has 39 heavy (non-hydrogen) atoms. The number of nitrogens with one attached hydrogen (secondary N) is 1. The summed E-state index contributed by atoms with van der Waals surface area (Å²) >= 11 is 0. The number of benzene rings is 3. The van der Waals surface area contributed by atoms with E-state index >= 15 is 0 Å². The zero-order valence-electron chi connectivity index (χ0n) is 20.9. The van der Waals surface area contributed by atoms with Crippen LogP contribution in [0.4, 0.5) is 0 Å². The number of aromatic nitrogens is 1. The van der Waals surface area contributed by atoms with Gasteiger partial charge in [0.2, 0.25) is 11.8 Å². The lowest BCUT2D eigenvalue weighted by atomic mass is 9.47. The molecule has 4 aromatic rings. The maximum Gasteiger partial charge on any atom is 0.272 e. The number of hydrogen-bond donors (Lipinski definition) is 1. The van der Waals surface area contributed by atoms with Crippen LogP contribution >= 0.6 is 0 Å². The zero-order chi connectivity index (χ0) is 26.6. The van der Waals surface area contributed by atoms with E-state index in [1.807, 2.05) is 78.9 Å². The number of imide groups is 1. The molecule has 1 fully saturated rings. The van der Waals surface area contributed by atoms with Crippen molar-refractivity contribution in [3.05, 3.63) is 137 Å². The van der Waals surface area contributed by atoms with E-state index in [2.05, 4.69) is 15.5 Å². The normalized spacial score (nSPS) is 24.4. The van der Waals surface area contributed by atoms with Gasteiger partial charge in [-0.15, -0.1) is 0 Å². The van der Waals surface area contributed by atoms with E-state index in [9.17, 15) is 14.4 Å². The molecule has 7 heteroatoms. The molecule has 3 amide bonds. The van der Waals surface area contributed by atoms with Crippen LogP contribution in [0.2, 0.25) is 0 Å². The van der Waals surface area contributed by atoms with Crippen molar-refractivity contribution in [3.63, 3.8) is 0 Å². The van der Waals surface area contributed by atoms with E-state index in [4.69, 9.17) is 0 Å². The van der Waals surface area contributed by atoms with Gasteiger partial charge >= 0.3 is 0 Å². The van der Waals surface area contributed by atoms with Gasteiger partial charge in [-0.05, 0) is 39.9 Å². The van der Waals surface area contributed by atoms with Gasteiger partial charge in [-0.2, -0.15) is 5.10 Å². The van der Waals surface area contributed by atoms with E-state index in [0.717, 1.165) is 27.8 Å². The summed E-state index contributed by atoms with van der Waals surface area (Å²) in [5.41, 5.74) is 6.79. The van der Waals surface area contributed by atoms with E-state index < -0.39 is 23.2 Å². The fourth-order valence-corrected chi connectivity index (χ4v) is 6.79. The Bertz CT molecular complexity index is 1600. The lowest BCUT2D eigenvalue weighted by Gasteiger charge is -2.52. The molecule has 0 unspecified atom stereocenters. The van der Waals surface area contributed by atoms with Crippen LogP contribution in [-0.2, 0) is 21.5 Å². The quantitative estimate of drug-likeness (QED) is 0.248. The summed E-state index contributed by atoms with van der Waals surface area (Å²) in [7, 11) is 0. The minimum atomic E-state index is -1.02. The highest BCUT2D eigenvalue weighted by Crippen LogP contribution is 2.63. The lowest BCUT2D eigenvalue weighted by molar-refractivity contribution is -0.140. The van der Waals surface area contributed by atoms with Gasteiger partial charge in [0.25, 0.3) is 5.91 Å². The molecule has 0 radical (unpaired) electrons. The molecule has 0 spiro atoms. The summed E-state index contributed by atoms with van der Waals surface area (Å²) in [5, 5.41) is 4.43. The van der Waals surface area contributed by atoms with Gasteiger partial charge in [-0.1, -0.05) is 78.9 Å². The summed E-state index contributed by atoms with van der Waals surface area (Å²) in [4.78, 5) is 46.5. The Balaban J connectivity index is 1.38. The maximum atomic E-state index is 14.2. The number of hydrogen-bond acceptors (Lipinski definition) is 5. The van der Waals surface area contributed by atoms with Gasteiger partial charge in [0.15, 0.2) is 0 Å². The minimum absolute atomic E-state index is 0.167. The lowest BCUT2D eigenvalue weighted by Crippen LogP contribution is -2.54. The molecule has 4 aliphatic rings. The fourth-order valence-electron chi connectivity index (χ4n) is 6.79. The average molecular weight is 513 g/mol. The number of rotatable bonds is 5. The molecular formula is C32H24N4O3. The number of likely N-dealkylation sites (tertiary alicyclic amines) is 1. The first-order chi connectivity index (χ1) is 19.1. The predicted molar refractivity (Wildman–Crippen MR) is 145 cm³/mol. The molecule has 2 atom stereocenters. The van der Waals surface area contributed by atoms with Crippen LogP contribution in [0.15, 0.2) is 108 Å². The Hall–Kier alpha value is -4.91. The first-order valence-corrected chi connectivity index (χ1v) is 12.9. The Morgan fingerprint density at radius 3 is 2.21 bits per heavy atom. The summed E-state index contributed by atoms with van der Waals surface area (Å²) < 4.78 is 0. The van der Waals surface area contributed by atoms with Gasteiger partial charge in [-0.3, -0.25) is 24.3 Å². The maximum absolute atomic E-state index is 14.2. The van der Waals surface area contributed by atoms with Crippen molar-refractivity contribution >= 4 is 23.9 Å². The average Bonchev–Trinajstić information content (AvgIpc) is 3.24. The number of nitrogens with zero attached hydrogens (tertiary/aromatic N) is 3. The van der Waals surface area contributed by atoms with Crippen molar-refractivity contribution in [3.8, 4) is 0 Å². The topological polar surface area (TPSA) is 91.7 Å². The van der Waals surface area contributed by atoms with Gasteiger partial charge in [0.1, 0.15) is 0 Å². The third-order valence-corrected chi connectivity index (χ3v) is 8.32. The highest BCUT2D eigenvalue weighted by molar-refractivity contribution is 6.11. The van der Waals surface area contributed by atoms with Crippen molar-refractivity contribution in [1.82, 2.24) is 15.3 Å². The second kappa shape index (κ2) is 8.84. The summed E-state index contributed by atoms with van der Waals surface area (Å²) in [6.45, 7) is 0.218. The third-order valence-electron chi connectivity index (χ3n) is 8.32. The monoisotopic (exact) mass is 512 g/mol. The smallest absolute Gasteiger partial charge is 0.272 e. The Morgan fingerprint density at radius 1 is 0.872 bits per heavy atom. The third kappa shape index (κ3) is 3.32. The Kier molecular flexibility index (Phi) is 5.26. The number of hydrazone groups is 1. The fraction of sp³-hybridized carbons (Fsp3) is 0.156. The van der Waals surface area contributed by atoms with Crippen LogP contribution in [0.1, 0.15) is 44.1 Å². The van der Waals surface area contributed by atoms with Crippen LogP contribution < -0.4 is 5.43 Å². The van der Waals surface area contributed by atoms with Crippen LogP contribution in [0, 0.1) is 11.8 Å². The second-order valence-electron chi connectivity index (χ2n) is 10.2. The van der Waals surface area contributed by atoms with Gasteiger partial charge in [0, 0.05) is 24.5 Å². The number of pyridine rings is 1. The molecule has 8 rings (SSSR count). The first-order valence-electron chi connectivity index (χ1n) is 12.9. The highest BCUT2D eigenvalue weighted by atomic mass is 16.2. The summed E-state index contributed by atoms with van der Waals surface area (Å²) in [5.74, 6) is -2.26. The number of amides is 3. The van der Waals surface area contributed by atoms with E-state index in [0.29, 0.717) is 5.56 Å². The van der Waals surface area contributed by atoms with Gasteiger partial charge < -0.3 is 0 Å². The molecular weight excluding hydrogens is 488 g/mol. The van der Waals surface area contributed by atoms with Crippen LogP contribution in [0.25, 0.3) is 0 Å². The van der Waals surface area contributed by atoms with E-state index in [1.165, 1.54) is 11.1 Å². The first kappa shape index (κ1) is 23.2. The van der Waals surface area contributed by atoms with E-state index in [1.54, 1.807) is 24.5 Å². The van der Waals surface area contributed by atoms with Crippen LogP contribution in [0.5, 0.6) is 0 Å².